The van der Waals surface area contributed by atoms with Crippen molar-refractivity contribution in [3.05, 3.63) is 52.9 Å². The smallest absolute Gasteiger partial charge is 0.184 e. The highest BCUT2D eigenvalue weighted by Gasteiger charge is 2.25. The number of fused-ring (bicyclic) bond motifs is 1. The molecule has 122 valence electrons. The molecule has 0 saturated heterocycles. The van der Waals surface area contributed by atoms with Crippen LogP contribution in [0.1, 0.15) is 11.1 Å². The summed E-state index contributed by atoms with van der Waals surface area (Å²) in [4.78, 5) is 4.66. The zero-order chi connectivity index (χ0) is 16.5. The third-order valence-electron chi connectivity index (χ3n) is 3.78. The van der Waals surface area contributed by atoms with Gasteiger partial charge in [0.25, 0.3) is 0 Å². The first-order valence-electron chi connectivity index (χ1n) is 7.46. The lowest BCUT2D eigenvalue weighted by molar-refractivity contribution is 0.0911. The maximum Gasteiger partial charge on any atom is 0.184 e. The Bertz CT molecular complexity index is 877. The fourth-order valence-electron chi connectivity index (χ4n) is 2.55. The first-order valence-corrected chi connectivity index (χ1v) is 8.34. The summed E-state index contributed by atoms with van der Waals surface area (Å²) in [6.07, 6.45) is -0.224. The molecule has 0 aliphatic carbocycles. The van der Waals surface area contributed by atoms with Gasteiger partial charge < -0.3 is 19.3 Å². The van der Waals surface area contributed by atoms with Gasteiger partial charge in [0, 0.05) is 10.9 Å². The Morgan fingerprint density at radius 2 is 2.04 bits per heavy atom. The third kappa shape index (κ3) is 2.65. The van der Waals surface area contributed by atoms with Gasteiger partial charge in [0.2, 0.25) is 0 Å². The van der Waals surface area contributed by atoms with Crippen LogP contribution in [0.25, 0.3) is 11.3 Å². The number of thiazole rings is 1. The number of aromatic nitrogens is 1. The van der Waals surface area contributed by atoms with E-state index in [1.54, 1.807) is 12.1 Å². The average molecular weight is 341 g/mol. The first kappa shape index (κ1) is 14.8. The van der Waals surface area contributed by atoms with Crippen molar-refractivity contribution >= 4 is 11.3 Å². The molecule has 4 rings (SSSR count). The number of aromatic hydroxyl groups is 1. The molecule has 2 heterocycles. The predicted molar refractivity (Wildman–Crippen MR) is 91.1 cm³/mol. The minimum atomic E-state index is -0.224. The fraction of sp³-hybridized carbons (Fsp3) is 0.167. The van der Waals surface area contributed by atoms with E-state index in [1.807, 2.05) is 35.7 Å². The van der Waals surface area contributed by atoms with Crippen LogP contribution in [0.5, 0.6) is 23.0 Å². The molecular weight excluding hydrogens is 326 g/mol. The van der Waals surface area contributed by atoms with Crippen LogP contribution in [0, 0.1) is 0 Å². The SMILES string of the molecule is COc1cc(-c2csc([C@@H]3COc4ccccc4O3)n2)ccc1O. The Labute approximate surface area is 143 Å². The van der Waals surface area contributed by atoms with Gasteiger partial charge in [-0.25, -0.2) is 4.98 Å². The molecule has 0 fully saturated rings. The molecule has 6 heteroatoms. The molecule has 0 saturated carbocycles. The Balaban J connectivity index is 1.60. The van der Waals surface area contributed by atoms with Crippen molar-refractivity contribution in [2.75, 3.05) is 13.7 Å². The lowest BCUT2D eigenvalue weighted by Crippen LogP contribution is -2.21. The number of phenolic OH excluding ortho intramolecular Hbond substituents is 1. The molecular formula is C18H15NO4S. The van der Waals surface area contributed by atoms with E-state index in [1.165, 1.54) is 18.4 Å². The van der Waals surface area contributed by atoms with Gasteiger partial charge in [0.15, 0.2) is 29.1 Å². The number of hydrogen-bond donors (Lipinski definition) is 1. The molecule has 3 aromatic rings. The highest BCUT2D eigenvalue weighted by molar-refractivity contribution is 7.10. The van der Waals surface area contributed by atoms with E-state index in [0.717, 1.165) is 27.8 Å². The van der Waals surface area contributed by atoms with Crippen molar-refractivity contribution in [3.8, 4) is 34.3 Å². The van der Waals surface area contributed by atoms with Crippen molar-refractivity contribution in [2.45, 2.75) is 6.10 Å². The van der Waals surface area contributed by atoms with Crippen LogP contribution < -0.4 is 14.2 Å². The van der Waals surface area contributed by atoms with E-state index in [9.17, 15) is 5.11 Å². The molecule has 0 radical (unpaired) electrons. The quantitative estimate of drug-likeness (QED) is 0.779. The molecule has 0 bridgehead atoms. The lowest BCUT2D eigenvalue weighted by Gasteiger charge is -2.24. The number of hydrogen-bond acceptors (Lipinski definition) is 6. The average Bonchev–Trinajstić information content (AvgIpc) is 3.12. The maximum atomic E-state index is 9.70. The summed E-state index contributed by atoms with van der Waals surface area (Å²) >= 11 is 1.52. The van der Waals surface area contributed by atoms with Crippen molar-refractivity contribution in [1.29, 1.82) is 0 Å². The van der Waals surface area contributed by atoms with Gasteiger partial charge >= 0.3 is 0 Å². The number of methoxy groups -OCH3 is 1. The molecule has 1 aliphatic heterocycles. The normalized spacial score (nSPS) is 16.0. The summed E-state index contributed by atoms with van der Waals surface area (Å²) in [5.74, 6) is 2.02. The number of benzene rings is 2. The van der Waals surface area contributed by atoms with Gasteiger partial charge in [-0.15, -0.1) is 11.3 Å². The number of ether oxygens (including phenoxy) is 3. The highest BCUT2D eigenvalue weighted by atomic mass is 32.1. The summed E-state index contributed by atoms with van der Waals surface area (Å²) in [6.45, 7) is 0.433. The Morgan fingerprint density at radius 3 is 2.88 bits per heavy atom. The van der Waals surface area contributed by atoms with Gasteiger partial charge in [-0.3, -0.25) is 0 Å². The van der Waals surface area contributed by atoms with Crippen LogP contribution in [0.4, 0.5) is 0 Å². The van der Waals surface area contributed by atoms with E-state index in [0.29, 0.717) is 12.4 Å². The zero-order valence-corrected chi connectivity index (χ0v) is 13.7. The number of para-hydroxylation sites is 2. The van der Waals surface area contributed by atoms with Crippen LogP contribution in [0.3, 0.4) is 0 Å². The van der Waals surface area contributed by atoms with Crippen molar-refractivity contribution in [3.63, 3.8) is 0 Å². The highest BCUT2D eigenvalue weighted by Crippen LogP contribution is 2.38. The fourth-order valence-corrected chi connectivity index (χ4v) is 3.39. The molecule has 5 nitrogen and oxygen atoms in total. The Hall–Kier alpha value is -2.73. The summed E-state index contributed by atoms with van der Waals surface area (Å²) in [5, 5.41) is 12.5. The molecule has 24 heavy (non-hydrogen) atoms. The Kier molecular flexibility index (Phi) is 3.74. The van der Waals surface area contributed by atoms with Crippen LogP contribution in [0.2, 0.25) is 0 Å². The monoisotopic (exact) mass is 341 g/mol. The topological polar surface area (TPSA) is 60.8 Å². The summed E-state index contributed by atoms with van der Waals surface area (Å²) in [6, 6.07) is 12.8. The maximum absolute atomic E-state index is 9.70. The van der Waals surface area contributed by atoms with Gasteiger partial charge in [0.1, 0.15) is 11.6 Å². The van der Waals surface area contributed by atoms with Gasteiger partial charge in [-0.1, -0.05) is 12.1 Å². The van der Waals surface area contributed by atoms with Crippen LogP contribution in [-0.2, 0) is 0 Å². The zero-order valence-electron chi connectivity index (χ0n) is 12.9. The minimum absolute atomic E-state index is 0.109. The molecule has 1 atom stereocenters. The molecule has 0 spiro atoms. The largest absolute Gasteiger partial charge is 0.504 e. The van der Waals surface area contributed by atoms with Gasteiger partial charge in [-0.05, 0) is 30.3 Å². The number of nitrogens with zero attached hydrogens (tertiary/aromatic N) is 1. The predicted octanol–water partition coefficient (Wildman–Crippen LogP) is 4.04. The second-order valence-corrected chi connectivity index (χ2v) is 6.21. The van der Waals surface area contributed by atoms with Gasteiger partial charge in [-0.2, -0.15) is 0 Å². The van der Waals surface area contributed by atoms with Crippen molar-refractivity contribution in [2.24, 2.45) is 0 Å². The van der Waals surface area contributed by atoms with Crippen LogP contribution in [0.15, 0.2) is 47.8 Å². The van der Waals surface area contributed by atoms with E-state index >= 15 is 0 Å². The number of rotatable bonds is 3. The number of phenols is 1. The third-order valence-corrected chi connectivity index (χ3v) is 4.72. The molecule has 0 amide bonds. The molecule has 1 aromatic heterocycles. The molecule has 2 aromatic carbocycles. The van der Waals surface area contributed by atoms with E-state index < -0.39 is 0 Å². The Morgan fingerprint density at radius 1 is 1.21 bits per heavy atom. The van der Waals surface area contributed by atoms with E-state index in [4.69, 9.17) is 14.2 Å². The van der Waals surface area contributed by atoms with Crippen LogP contribution in [-0.4, -0.2) is 23.8 Å². The molecule has 1 aliphatic rings. The summed E-state index contributed by atoms with van der Waals surface area (Å²) in [7, 11) is 1.52. The standard InChI is InChI=1S/C18H15NO4S/c1-21-16-8-11(6-7-13(16)20)12-10-24-18(19-12)17-9-22-14-4-2-3-5-15(14)23-17/h2-8,10,17,20H,9H2,1H3/t17-/m0/s1. The second kappa shape index (κ2) is 6.05. The molecule has 1 N–H and O–H groups in total. The van der Waals surface area contributed by atoms with E-state index in [-0.39, 0.29) is 11.9 Å². The lowest BCUT2D eigenvalue weighted by atomic mass is 10.1. The van der Waals surface area contributed by atoms with Crippen LogP contribution >= 0.6 is 11.3 Å². The second-order valence-electron chi connectivity index (χ2n) is 5.32. The molecule has 0 unspecified atom stereocenters. The van der Waals surface area contributed by atoms with Gasteiger partial charge in [0.05, 0.1) is 12.8 Å². The minimum Gasteiger partial charge on any atom is -0.504 e. The van der Waals surface area contributed by atoms with E-state index in [2.05, 4.69) is 4.98 Å². The summed E-state index contributed by atoms with van der Waals surface area (Å²) < 4.78 is 16.9. The van der Waals surface area contributed by atoms with Crippen molar-refractivity contribution < 1.29 is 19.3 Å². The first-order chi connectivity index (χ1) is 11.7. The summed E-state index contributed by atoms with van der Waals surface area (Å²) in [5.41, 5.74) is 1.69. The van der Waals surface area contributed by atoms with Crippen molar-refractivity contribution in [1.82, 2.24) is 4.98 Å².